The molecule has 3 aliphatic rings. The molecule has 1 aromatic heterocycles. The van der Waals surface area contributed by atoms with E-state index in [1.807, 2.05) is 36.4 Å². The Morgan fingerprint density at radius 2 is 2.06 bits per heavy atom. The van der Waals surface area contributed by atoms with Gasteiger partial charge >= 0.3 is 5.97 Å². The third-order valence-corrected chi connectivity index (χ3v) is 8.51. The molecule has 9 heteroatoms. The minimum absolute atomic E-state index is 0.0884. The normalized spacial score (nSPS) is 32.9. The first-order valence-corrected chi connectivity index (χ1v) is 13.2. The van der Waals surface area contributed by atoms with Gasteiger partial charge in [-0.05, 0) is 43.7 Å². The molecule has 5 rings (SSSR count). The molecule has 1 aliphatic carbocycles. The molecular formula is C26H31N3O5S. The predicted octanol–water partition coefficient (Wildman–Crippen LogP) is 3.54. The fourth-order valence-corrected chi connectivity index (χ4v) is 6.30. The number of hydrogen-bond donors (Lipinski definition) is 2. The monoisotopic (exact) mass is 497 g/mol. The molecule has 0 bridgehead atoms. The average molecular weight is 498 g/mol. The summed E-state index contributed by atoms with van der Waals surface area (Å²) in [4.78, 5) is 45.0. The van der Waals surface area contributed by atoms with Crippen LogP contribution in [0.25, 0.3) is 10.2 Å². The largest absolute Gasteiger partial charge is 0.481 e. The highest BCUT2D eigenvalue weighted by Crippen LogP contribution is 2.57. The summed E-state index contributed by atoms with van der Waals surface area (Å²) in [6.45, 7) is 0.238. The van der Waals surface area contributed by atoms with E-state index in [0.717, 1.165) is 35.9 Å². The SMILES string of the molecule is N[C@H]1CCCCC/C=C\[C@@H]2C[C@@]2(C(=O)O)CC(=O)[C@@H]2C[C@@H](Oc3nc4ccccc4s3)CN2C1=O. The van der Waals surface area contributed by atoms with Gasteiger partial charge in [-0.1, -0.05) is 48.5 Å². The van der Waals surface area contributed by atoms with Gasteiger partial charge in [-0.15, -0.1) is 0 Å². The highest BCUT2D eigenvalue weighted by Gasteiger charge is 2.61. The van der Waals surface area contributed by atoms with E-state index in [2.05, 4.69) is 4.98 Å². The number of Topliss-reactive ketones (excluding diaryl/α,β-unsaturated/α-hetero) is 1. The standard InChI is InChI=1S/C26H31N3O5S/c27-18-9-5-3-1-2-4-8-16-13-26(16,24(32)33)14-21(30)20-12-17(15-29(20)23(18)31)34-25-28-19-10-6-7-11-22(19)35-25/h4,6-8,10-11,16-18,20H,1-3,5,9,12-15,27H2,(H,32,33)/b8-4-/t16-,17-,18+,20+,26-/m1/s1. The molecule has 1 amide bonds. The van der Waals surface area contributed by atoms with Gasteiger partial charge in [0.25, 0.3) is 5.19 Å². The van der Waals surface area contributed by atoms with Crippen LogP contribution in [0.1, 0.15) is 51.4 Å². The molecule has 0 spiro atoms. The molecule has 2 fully saturated rings. The smallest absolute Gasteiger partial charge is 0.310 e. The number of carbonyl (C=O) groups excluding carboxylic acids is 2. The number of carboxylic acid groups (broad SMARTS) is 1. The number of nitrogens with zero attached hydrogens (tertiary/aromatic N) is 2. The summed E-state index contributed by atoms with van der Waals surface area (Å²) < 4.78 is 7.14. The first-order valence-electron chi connectivity index (χ1n) is 12.4. The van der Waals surface area contributed by atoms with Crippen LogP contribution in [0.15, 0.2) is 36.4 Å². The van der Waals surface area contributed by atoms with Crippen molar-refractivity contribution in [3.8, 4) is 5.19 Å². The van der Waals surface area contributed by atoms with Gasteiger partial charge in [-0.3, -0.25) is 14.4 Å². The molecule has 186 valence electrons. The zero-order valence-corrected chi connectivity index (χ0v) is 20.4. The number of nitrogens with two attached hydrogens (primary N) is 1. The quantitative estimate of drug-likeness (QED) is 0.622. The number of ketones is 1. The maximum absolute atomic E-state index is 13.5. The molecule has 0 radical (unpaired) electrons. The fraction of sp³-hybridized carbons (Fsp3) is 0.538. The Labute approximate surface area is 208 Å². The van der Waals surface area contributed by atoms with Crippen LogP contribution in [0.2, 0.25) is 0 Å². The molecule has 1 aromatic carbocycles. The number of fused-ring (bicyclic) bond motifs is 3. The lowest BCUT2D eigenvalue weighted by Crippen LogP contribution is -2.49. The van der Waals surface area contributed by atoms with Crippen molar-refractivity contribution in [2.45, 2.75) is 69.6 Å². The van der Waals surface area contributed by atoms with Crippen molar-refractivity contribution in [3.63, 3.8) is 0 Å². The number of aliphatic carboxylic acids is 1. The zero-order valence-electron chi connectivity index (χ0n) is 19.6. The lowest BCUT2D eigenvalue weighted by molar-refractivity contribution is -0.147. The van der Waals surface area contributed by atoms with Crippen LogP contribution < -0.4 is 10.5 Å². The molecule has 2 aliphatic heterocycles. The van der Waals surface area contributed by atoms with Crippen LogP contribution in [0.5, 0.6) is 5.19 Å². The van der Waals surface area contributed by atoms with Crippen LogP contribution in [0, 0.1) is 11.3 Å². The zero-order chi connectivity index (χ0) is 24.6. The highest BCUT2D eigenvalue weighted by molar-refractivity contribution is 7.20. The average Bonchev–Trinajstić information content (AvgIpc) is 3.15. The molecule has 5 atom stereocenters. The summed E-state index contributed by atoms with van der Waals surface area (Å²) in [6.07, 6.45) is 8.44. The number of aromatic nitrogens is 1. The Morgan fingerprint density at radius 3 is 2.86 bits per heavy atom. The van der Waals surface area contributed by atoms with E-state index in [1.54, 1.807) is 0 Å². The molecule has 3 heterocycles. The van der Waals surface area contributed by atoms with E-state index in [4.69, 9.17) is 10.5 Å². The van der Waals surface area contributed by atoms with E-state index in [0.29, 0.717) is 24.5 Å². The van der Waals surface area contributed by atoms with E-state index < -0.39 is 29.6 Å². The van der Waals surface area contributed by atoms with Gasteiger partial charge < -0.3 is 20.5 Å². The fourth-order valence-electron chi connectivity index (χ4n) is 5.42. The second kappa shape index (κ2) is 9.70. The second-order valence-corrected chi connectivity index (χ2v) is 11.0. The molecule has 0 unspecified atom stereocenters. The first kappa shape index (κ1) is 23.9. The topological polar surface area (TPSA) is 123 Å². The van der Waals surface area contributed by atoms with Gasteiger partial charge in [-0.2, -0.15) is 0 Å². The minimum Gasteiger partial charge on any atom is -0.481 e. The Bertz CT molecular complexity index is 1130. The van der Waals surface area contributed by atoms with Crippen molar-refractivity contribution in [3.05, 3.63) is 36.4 Å². The maximum Gasteiger partial charge on any atom is 0.310 e. The molecule has 1 saturated carbocycles. The van der Waals surface area contributed by atoms with Crippen molar-refractivity contribution in [2.75, 3.05) is 6.54 Å². The third-order valence-electron chi connectivity index (χ3n) is 7.58. The van der Waals surface area contributed by atoms with Crippen LogP contribution in [-0.2, 0) is 14.4 Å². The number of amides is 1. The highest BCUT2D eigenvalue weighted by atomic mass is 32.1. The Balaban J connectivity index is 1.38. The van der Waals surface area contributed by atoms with Crippen molar-refractivity contribution >= 4 is 39.2 Å². The number of hydrogen-bond acceptors (Lipinski definition) is 7. The lowest BCUT2D eigenvalue weighted by Gasteiger charge is -2.27. The Morgan fingerprint density at radius 1 is 1.23 bits per heavy atom. The van der Waals surface area contributed by atoms with Crippen LogP contribution in [0.4, 0.5) is 0 Å². The summed E-state index contributed by atoms with van der Waals surface area (Å²) in [5.41, 5.74) is 6.02. The number of rotatable bonds is 3. The minimum atomic E-state index is -1.07. The molecule has 2 aromatic rings. The summed E-state index contributed by atoms with van der Waals surface area (Å²) in [5, 5.41) is 10.4. The number of para-hydroxylation sites is 1. The molecule has 35 heavy (non-hydrogen) atoms. The third kappa shape index (κ3) is 4.84. The Hall–Kier alpha value is -2.78. The van der Waals surface area contributed by atoms with Crippen LogP contribution >= 0.6 is 11.3 Å². The number of benzene rings is 1. The van der Waals surface area contributed by atoms with Gasteiger partial charge in [0, 0.05) is 12.8 Å². The van der Waals surface area contributed by atoms with Gasteiger partial charge in [-0.25, -0.2) is 4.98 Å². The van der Waals surface area contributed by atoms with Gasteiger partial charge in [0.2, 0.25) is 5.91 Å². The van der Waals surface area contributed by atoms with Crippen LogP contribution in [-0.4, -0.2) is 57.4 Å². The summed E-state index contributed by atoms with van der Waals surface area (Å²) in [7, 11) is 0. The van der Waals surface area contributed by atoms with Gasteiger partial charge in [0.05, 0.1) is 34.3 Å². The van der Waals surface area contributed by atoms with Crippen LogP contribution in [0.3, 0.4) is 0 Å². The summed E-state index contributed by atoms with van der Waals surface area (Å²) >= 11 is 1.43. The summed E-state index contributed by atoms with van der Waals surface area (Å²) in [6, 6.07) is 6.31. The van der Waals surface area contributed by atoms with Crippen molar-refractivity contribution in [1.82, 2.24) is 9.88 Å². The van der Waals surface area contributed by atoms with E-state index in [-0.39, 0.29) is 30.6 Å². The first-order chi connectivity index (χ1) is 16.9. The second-order valence-electron chi connectivity index (χ2n) is 10.0. The van der Waals surface area contributed by atoms with E-state index in [1.165, 1.54) is 16.2 Å². The van der Waals surface area contributed by atoms with Crippen molar-refractivity contribution in [1.29, 1.82) is 0 Å². The van der Waals surface area contributed by atoms with E-state index >= 15 is 0 Å². The van der Waals surface area contributed by atoms with Gasteiger partial charge in [0.15, 0.2) is 5.78 Å². The number of allylic oxidation sites excluding steroid dienone is 2. The summed E-state index contributed by atoms with van der Waals surface area (Å²) in [5.74, 6) is -1.58. The lowest BCUT2D eigenvalue weighted by atomic mass is 9.92. The molecule has 3 N–H and O–H groups in total. The van der Waals surface area contributed by atoms with Crippen molar-refractivity contribution in [2.24, 2.45) is 17.1 Å². The van der Waals surface area contributed by atoms with E-state index in [9.17, 15) is 19.5 Å². The molecule has 1 saturated heterocycles. The number of carboxylic acids is 1. The molecular weight excluding hydrogens is 466 g/mol. The number of carbonyl (C=O) groups is 3. The Kier molecular flexibility index (Phi) is 6.63. The number of thiazole rings is 1. The van der Waals surface area contributed by atoms with Crippen molar-refractivity contribution < 1.29 is 24.2 Å². The maximum atomic E-state index is 13.5. The number of ether oxygens (including phenoxy) is 1. The predicted molar refractivity (Wildman–Crippen MR) is 132 cm³/mol. The molecule has 8 nitrogen and oxygen atoms in total. The van der Waals surface area contributed by atoms with Gasteiger partial charge in [0.1, 0.15) is 6.10 Å².